The van der Waals surface area contributed by atoms with Crippen molar-refractivity contribution in [2.75, 3.05) is 38.0 Å². The maximum Gasteiger partial charge on any atom is 0.246 e. The normalized spacial score (nSPS) is 16.2. The van der Waals surface area contributed by atoms with Crippen molar-refractivity contribution in [2.24, 2.45) is 4.99 Å². The first kappa shape index (κ1) is 21.3. The van der Waals surface area contributed by atoms with E-state index in [2.05, 4.69) is 52.6 Å². The Morgan fingerprint density at radius 2 is 1.97 bits per heavy atom. The van der Waals surface area contributed by atoms with Gasteiger partial charge in [-0.25, -0.2) is 0 Å². The molecule has 8 heteroatoms. The fourth-order valence-corrected chi connectivity index (χ4v) is 4.82. The zero-order chi connectivity index (χ0) is 23.1. The van der Waals surface area contributed by atoms with E-state index in [1.807, 2.05) is 23.2 Å². The van der Waals surface area contributed by atoms with Crippen LogP contribution in [0.25, 0.3) is 22.0 Å². The molecule has 1 fully saturated rings. The largest absolute Gasteiger partial charge is 0.357 e. The molecule has 1 aromatic heterocycles. The number of piperazine rings is 1. The molecule has 1 saturated heterocycles. The summed E-state index contributed by atoms with van der Waals surface area (Å²) in [6.45, 7) is 12.9. The van der Waals surface area contributed by atoms with E-state index in [0.717, 1.165) is 50.4 Å². The smallest absolute Gasteiger partial charge is 0.246 e. The van der Waals surface area contributed by atoms with Crippen LogP contribution in [0.4, 0.5) is 5.69 Å². The molecule has 0 radical (unpaired) electrons. The zero-order valence-electron chi connectivity index (χ0n) is 18.5. The number of benzene rings is 2. The Bertz CT molecular complexity index is 1320. The number of benzodiazepines with no additional fused rings is 1. The molecule has 2 aliphatic rings. The topological polar surface area (TPSA) is 76.6 Å². The number of H-pyrrole nitrogens is 1. The van der Waals surface area contributed by atoms with Crippen molar-refractivity contribution in [3.8, 4) is 11.1 Å². The summed E-state index contributed by atoms with van der Waals surface area (Å²) in [5, 5.41) is 12.4. The van der Waals surface area contributed by atoms with Gasteiger partial charge in [-0.15, -0.1) is 0 Å². The molecule has 7 nitrogen and oxygen atoms in total. The molecule has 2 N–H and O–H groups in total. The average molecular weight is 461 g/mol. The quantitative estimate of drug-likeness (QED) is 0.562. The number of fused-ring (bicyclic) bond motifs is 2. The summed E-state index contributed by atoms with van der Waals surface area (Å²) in [5.41, 5.74) is 6.74. The molecule has 5 rings (SSSR count). The lowest BCUT2D eigenvalue weighted by Gasteiger charge is -2.36. The van der Waals surface area contributed by atoms with E-state index in [0.29, 0.717) is 37.7 Å². The van der Waals surface area contributed by atoms with Crippen LogP contribution in [0.3, 0.4) is 0 Å². The second kappa shape index (κ2) is 8.41. The maximum absolute atomic E-state index is 12.0. The molecule has 2 aliphatic heterocycles. The number of amides is 1. The minimum Gasteiger partial charge on any atom is -0.357 e. The second-order valence-corrected chi connectivity index (χ2v) is 8.76. The number of amidine groups is 1. The van der Waals surface area contributed by atoms with E-state index >= 15 is 0 Å². The number of anilines is 1. The zero-order valence-corrected chi connectivity index (χ0v) is 19.2. The van der Waals surface area contributed by atoms with Gasteiger partial charge in [-0.05, 0) is 42.3 Å². The average Bonchev–Trinajstić information content (AvgIpc) is 3.23. The molecular weight excluding hydrogens is 436 g/mol. The van der Waals surface area contributed by atoms with E-state index in [1.165, 1.54) is 6.08 Å². The molecule has 0 bridgehead atoms. The van der Waals surface area contributed by atoms with Crippen molar-refractivity contribution in [3.05, 3.63) is 71.5 Å². The Morgan fingerprint density at radius 1 is 1.18 bits per heavy atom. The Balaban J connectivity index is 1.56. The minimum atomic E-state index is -0.0376. The Labute approximate surface area is 197 Å². The molecule has 0 unspecified atom stereocenters. The maximum atomic E-state index is 12.0. The molecule has 168 valence electrons. The highest BCUT2D eigenvalue weighted by molar-refractivity contribution is 6.34. The summed E-state index contributed by atoms with van der Waals surface area (Å²) >= 11 is 6.89. The van der Waals surface area contributed by atoms with Crippen molar-refractivity contribution < 1.29 is 4.79 Å². The number of halogens is 1. The number of aryl methyl sites for hydroxylation is 1. The highest BCUT2D eigenvalue weighted by Crippen LogP contribution is 2.40. The van der Waals surface area contributed by atoms with Crippen LogP contribution in [-0.2, 0) is 4.79 Å². The van der Waals surface area contributed by atoms with Gasteiger partial charge in [0.2, 0.25) is 5.91 Å². The molecule has 3 aromatic rings. The third kappa shape index (κ3) is 3.78. The van der Waals surface area contributed by atoms with Crippen molar-refractivity contribution in [3.63, 3.8) is 0 Å². The van der Waals surface area contributed by atoms with E-state index in [9.17, 15) is 4.79 Å². The number of rotatable bonds is 2. The lowest BCUT2D eigenvalue weighted by molar-refractivity contribution is -0.127. The summed E-state index contributed by atoms with van der Waals surface area (Å²) in [7, 11) is 0. The number of aliphatic imine (C=N–C) groups is 1. The molecule has 0 atom stereocenters. The van der Waals surface area contributed by atoms with Gasteiger partial charge < -0.3 is 15.1 Å². The van der Waals surface area contributed by atoms with E-state index in [4.69, 9.17) is 16.6 Å². The standard InChI is InChI=1S/C25H25ClN6O/c1-4-23(33)31-7-9-32(10-8-31)25-18-11-20(26)17(12-22(18)29-16(3)13-27-25)24-15(2)5-6-21-19(24)14-28-30-21/h4-6,11-12,14,29H,1,3,7-10,13H2,2H3,(H,28,30). The second-order valence-electron chi connectivity index (χ2n) is 8.35. The molecule has 0 aliphatic carbocycles. The Kier molecular flexibility index (Phi) is 5.42. The summed E-state index contributed by atoms with van der Waals surface area (Å²) in [5.74, 6) is 0.831. The lowest BCUT2D eigenvalue weighted by Crippen LogP contribution is -2.50. The van der Waals surface area contributed by atoms with Crippen LogP contribution < -0.4 is 5.32 Å². The number of aromatic nitrogens is 2. The molecule has 3 heterocycles. The number of hydrogen-bond donors (Lipinski definition) is 2. The number of nitrogens with zero attached hydrogens (tertiary/aromatic N) is 4. The van der Waals surface area contributed by atoms with Crippen LogP contribution in [0.15, 0.2) is 60.4 Å². The summed E-state index contributed by atoms with van der Waals surface area (Å²) in [4.78, 5) is 20.8. The van der Waals surface area contributed by atoms with Crippen LogP contribution in [0.1, 0.15) is 11.1 Å². The monoisotopic (exact) mass is 460 g/mol. The van der Waals surface area contributed by atoms with Gasteiger partial charge in [0.1, 0.15) is 5.84 Å². The van der Waals surface area contributed by atoms with Gasteiger partial charge in [-0.3, -0.25) is 14.9 Å². The van der Waals surface area contributed by atoms with Crippen LogP contribution in [0, 0.1) is 6.92 Å². The summed E-state index contributed by atoms with van der Waals surface area (Å²) in [6, 6.07) is 8.16. The first-order valence-corrected chi connectivity index (χ1v) is 11.3. The SMILES string of the molecule is C=CC(=O)N1CCN(C2=NCC(=C)Nc3cc(-c4c(C)ccc5[nH]ncc45)c(Cl)cc32)CC1. The van der Waals surface area contributed by atoms with E-state index in [1.54, 1.807) is 0 Å². The molecule has 33 heavy (non-hydrogen) atoms. The highest BCUT2D eigenvalue weighted by Gasteiger charge is 2.27. The Morgan fingerprint density at radius 3 is 2.73 bits per heavy atom. The Hall–Kier alpha value is -3.58. The fraction of sp³-hybridized carbons (Fsp3) is 0.240. The van der Waals surface area contributed by atoms with Gasteiger partial charge >= 0.3 is 0 Å². The van der Waals surface area contributed by atoms with Gasteiger partial charge in [0, 0.05) is 59.1 Å². The lowest BCUT2D eigenvalue weighted by atomic mass is 9.94. The van der Waals surface area contributed by atoms with Crippen molar-refractivity contribution in [2.45, 2.75) is 6.92 Å². The van der Waals surface area contributed by atoms with Gasteiger partial charge in [-0.2, -0.15) is 5.10 Å². The number of carbonyl (C=O) groups excluding carboxylic acids is 1. The van der Waals surface area contributed by atoms with Gasteiger partial charge in [0.15, 0.2) is 0 Å². The first-order valence-electron chi connectivity index (χ1n) is 10.9. The van der Waals surface area contributed by atoms with Crippen molar-refractivity contribution in [1.29, 1.82) is 0 Å². The number of nitrogens with one attached hydrogen (secondary N) is 2. The van der Waals surface area contributed by atoms with Gasteiger partial charge in [0.25, 0.3) is 0 Å². The predicted octanol–water partition coefficient (Wildman–Crippen LogP) is 4.21. The molecular formula is C25H25ClN6O. The highest BCUT2D eigenvalue weighted by atomic mass is 35.5. The van der Waals surface area contributed by atoms with E-state index < -0.39 is 0 Å². The van der Waals surface area contributed by atoms with Crippen LogP contribution in [0.5, 0.6) is 0 Å². The molecule has 0 saturated carbocycles. The van der Waals surface area contributed by atoms with Crippen LogP contribution >= 0.6 is 11.6 Å². The minimum absolute atomic E-state index is 0.0376. The van der Waals surface area contributed by atoms with Crippen LogP contribution in [0.2, 0.25) is 5.02 Å². The third-order valence-corrected chi connectivity index (χ3v) is 6.56. The predicted molar refractivity (Wildman–Crippen MR) is 134 cm³/mol. The molecule has 2 aromatic carbocycles. The van der Waals surface area contributed by atoms with Crippen LogP contribution in [-0.4, -0.2) is 64.5 Å². The molecule has 0 spiro atoms. The number of aromatic amines is 1. The summed E-state index contributed by atoms with van der Waals surface area (Å²) in [6.07, 6.45) is 3.20. The first-order chi connectivity index (χ1) is 16.0. The molecule has 1 amide bonds. The fourth-order valence-electron chi connectivity index (χ4n) is 4.56. The van der Waals surface area contributed by atoms with Gasteiger partial charge in [-0.1, -0.05) is 30.8 Å². The van der Waals surface area contributed by atoms with Crippen molar-refractivity contribution in [1.82, 2.24) is 20.0 Å². The summed E-state index contributed by atoms with van der Waals surface area (Å²) < 4.78 is 0. The number of carbonyl (C=O) groups is 1. The third-order valence-electron chi connectivity index (χ3n) is 6.25. The van der Waals surface area contributed by atoms with E-state index in [-0.39, 0.29) is 5.91 Å². The number of hydrogen-bond acceptors (Lipinski definition) is 5. The van der Waals surface area contributed by atoms with Crippen molar-refractivity contribution >= 4 is 39.9 Å². The van der Waals surface area contributed by atoms with Gasteiger partial charge in [0.05, 0.1) is 18.3 Å².